The van der Waals surface area contributed by atoms with Gasteiger partial charge in [0, 0.05) is 13.2 Å². The number of hydrogen-bond acceptors (Lipinski definition) is 4. The van der Waals surface area contributed by atoms with Crippen LogP contribution in [-0.2, 0) is 4.74 Å². The van der Waals surface area contributed by atoms with Crippen molar-refractivity contribution in [2.75, 3.05) is 13.2 Å². The average Bonchev–Trinajstić information content (AvgIpc) is 2.99. The van der Waals surface area contributed by atoms with Crippen LogP contribution < -0.4 is 5.32 Å². The quantitative estimate of drug-likeness (QED) is 0.754. The van der Waals surface area contributed by atoms with Crippen LogP contribution in [0.5, 0.6) is 0 Å². The summed E-state index contributed by atoms with van der Waals surface area (Å²) in [6, 6.07) is 2.84. The molecule has 0 unspecified atom stereocenters. The van der Waals surface area contributed by atoms with E-state index in [1.165, 1.54) is 25.0 Å². The maximum atomic E-state index is 11.9. The van der Waals surface area contributed by atoms with Gasteiger partial charge in [-0.2, -0.15) is 0 Å². The third kappa shape index (κ3) is 4.53. The van der Waals surface area contributed by atoms with E-state index < -0.39 is 5.97 Å². The molecule has 1 aromatic rings. The fourth-order valence-electron chi connectivity index (χ4n) is 2.58. The summed E-state index contributed by atoms with van der Waals surface area (Å²) in [4.78, 5) is 26.9. The number of carbonyl (C=O) groups excluding carboxylic acids is 1. The van der Waals surface area contributed by atoms with E-state index in [9.17, 15) is 9.59 Å². The first kappa shape index (κ1) is 16.4. The largest absolute Gasteiger partial charge is 0.478 e. The number of ether oxygens (including phenoxy) is 1. The maximum absolute atomic E-state index is 11.9. The fourth-order valence-corrected chi connectivity index (χ4v) is 2.58. The lowest BCUT2D eigenvalue weighted by molar-refractivity contribution is 0.0565. The summed E-state index contributed by atoms with van der Waals surface area (Å²) in [5.74, 6) is -1.33. The fraction of sp³-hybridized carbons (Fsp3) is 0.562. The van der Waals surface area contributed by atoms with E-state index in [2.05, 4.69) is 10.3 Å². The number of nitrogens with one attached hydrogen (secondary N) is 1. The summed E-state index contributed by atoms with van der Waals surface area (Å²) < 4.78 is 5.72. The van der Waals surface area contributed by atoms with Crippen molar-refractivity contribution >= 4 is 11.9 Å². The summed E-state index contributed by atoms with van der Waals surface area (Å²) in [5, 5.41) is 11.7. The molecule has 0 saturated heterocycles. The molecule has 1 heterocycles. The van der Waals surface area contributed by atoms with Crippen molar-refractivity contribution in [2.45, 2.75) is 45.1 Å². The standard InChI is InChI=1S/C16H22N2O4/c1-11-13(16(20)21)7-8-14(18-11)15(19)17-9-4-10-22-12-5-2-3-6-12/h7-8,12H,2-6,9-10H2,1H3,(H,17,19)(H,20,21). The second kappa shape index (κ2) is 7.89. The van der Waals surface area contributed by atoms with E-state index >= 15 is 0 Å². The zero-order chi connectivity index (χ0) is 15.9. The minimum atomic E-state index is -1.04. The van der Waals surface area contributed by atoms with Crippen molar-refractivity contribution in [3.8, 4) is 0 Å². The number of nitrogens with zero attached hydrogens (tertiary/aromatic N) is 1. The predicted molar refractivity (Wildman–Crippen MR) is 81.1 cm³/mol. The summed E-state index contributed by atoms with van der Waals surface area (Å²) in [6.45, 7) is 2.75. The Kier molecular flexibility index (Phi) is 5.89. The van der Waals surface area contributed by atoms with Gasteiger partial charge < -0.3 is 15.2 Å². The van der Waals surface area contributed by atoms with Crippen LogP contribution in [0, 0.1) is 6.92 Å². The molecule has 1 aromatic heterocycles. The third-order valence-electron chi connectivity index (χ3n) is 3.81. The zero-order valence-electron chi connectivity index (χ0n) is 12.8. The molecule has 1 saturated carbocycles. The van der Waals surface area contributed by atoms with E-state index in [4.69, 9.17) is 9.84 Å². The van der Waals surface area contributed by atoms with Gasteiger partial charge in [0.25, 0.3) is 5.91 Å². The van der Waals surface area contributed by atoms with Gasteiger partial charge in [-0.1, -0.05) is 12.8 Å². The molecular weight excluding hydrogens is 284 g/mol. The van der Waals surface area contributed by atoms with E-state index in [0.29, 0.717) is 24.9 Å². The van der Waals surface area contributed by atoms with Crippen LogP contribution in [0.3, 0.4) is 0 Å². The molecule has 0 aromatic carbocycles. The zero-order valence-corrected chi connectivity index (χ0v) is 12.8. The number of aromatic carboxylic acids is 1. The van der Waals surface area contributed by atoms with Crippen molar-refractivity contribution in [3.63, 3.8) is 0 Å². The molecule has 22 heavy (non-hydrogen) atoms. The predicted octanol–water partition coefficient (Wildman–Crippen LogP) is 2.17. The Labute approximate surface area is 129 Å². The van der Waals surface area contributed by atoms with Gasteiger partial charge in [-0.05, 0) is 38.3 Å². The summed E-state index contributed by atoms with van der Waals surface area (Å²) in [5.41, 5.74) is 0.686. The van der Waals surface area contributed by atoms with Gasteiger partial charge in [0.1, 0.15) is 5.69 Å². The summed E-state index contributed by atoms with van der Waals surface area (Å²) >= 11 is 0. The van der Waals surface area contributed by atoms with Crippen LogP contribution in [0.4, 0.5) is 0 Å². The van der Waals surface area contributed by atoms with Crippen molar-refractivity contribution < 1.29 is 19.4 Å². The van der Waals surface area contributed by atoms with Gasteiger partial charge in [-0.25, -0.2) is 9.78 Å². The molecule has 0 aliphatic heterocycles. The number of rotatable bonds is 7. The van der Waals surface area contributed by atoms with Crippen LogP contribution in [0.2, 0.25) is 0 Å². The highest BCUT2D eigenvalue weighted by Gasteiger charge is 2.15. The molecule has 0 atom stereocenters. The molecule has 6 heteroatoms. The number of carboxylic acid groups (broad SMARTS) is 1. The average molecular weight is 306 g/mol. The molecule has 2 rings (SSSR count). The molecule has 0 radical (unpaired) electrons. The normalized spacial score (nSPS) is 15.0. The third-order valence-corrected chi connectivity index (χ3v) is 3.81. The van der Waals surface area contributed by atoms with Gasteiger partial charge in [0.05, 0.1) is 17.4 Å². The van der Waals surface area contributed by atoms with Gasteiger partial charge in [-0.15, -0.1) is 0 Å². The number of aryl methyl sites for hydroxylation is 1. The number of carbonyl (C=O) groups is 2. The molecule has 1 aliphatic carbocycles. The van der Waals surface area contributed by atoms with E-state index in [-0.39, 0.29) is 17.2 Å². The van der Waals surface area contributed by atoms with Crippen LogP contribution in [0.1, 0.15) is 58.6 Å². The Balaban J connectivity index is 1.72. The van der Waals surface area contributed by atoms with Crippen LogP contribution in [0.25, 0.3) is 0 Å². The second-order valence-electron chi connectivity index (χ2n) is 5.52. The van der Waals surface area contributed by atoms with Gasteiger partial charge in [0.2, 0.25) is 0 Å². The molecule has 6 nitrogen and oxygen atoms in total. The summed E-state index contributed by atoms with van der Waals surface area (Å²) in [7, 11) is 0. The topological polar surface area (TPSA) is 88.5 Å². The summed E-state index contributed by atoms with van der Waals surface area (Å²) in [6.07, 6.45) is 5.94. The van der Waals surface area contributed by atoms with E-state index in [1.54, 1.807) is 6.92 Å². The highest BCUT2D eigenvalue weighted by atomic mass is 16.5. The molecule has 1 fully saturated rings. The molecular formula is C16H22N2O4. The Hall–Kier alpha value is -1.95. The molecule has 0 spiro atoms. The number of hydrogen-bond donors (Lipinski definition) is 2. The Morgan fingerprint density at radius 3 is 2.73 bits per heavy atom. The Morgan fingerprint density at radius 2 is 2.09 bits per heavy atom. The van der Waals surface area contributed by atoms with E-state index in [0.717, 1.165) is 19.3 Å². The first-order valence-corrected chi connectivity index (χ1v) is 7.68. The minimum absolute atomic E-state index is 0.113. The SMILES string of the molecule is Cc1nc(C(=O)NCCCOC2CCCC2)ccc1C(=O)O. The lowest BCUT2D eigenvalue weighted by Gasteiger charge is -2.11. The Bertz CT molecular complexity index is 539. The molecule has 1 aliphatic rings. The van der Waals surface area contributed by atoms with Crippen LogP contribution in [0.15, 0.2) is 12.1 Å². The lowest BCUT2D eigenvalue weighted by atomic mass is 10.2. The number of carboxylic acids is 1. The van der Waals surface area contributed by atoms with Gasteiger partial charge >= 0.3 is 5.97 Å². The number of aromatic nitrogens is 1. The van der Waals surface area contributed by atoms with Gasteiger partial charge in [0.15, 0.2) is 0 Å². The highest BCUT2D eigenvalue weighted by Crippen LogP contribution is 2.20. The van der Waals surface area contributed by atoms with Crippen LogP contribution in [-0.4, -0.2) is 41.2 Å². The van der Waals surface area contributed by atoms with Crippen molar-refractivity contribution in [2.24, 2.45) is 0 Å². The minimum Gasteiger partial charge on any atom is -0.478 e. The first-order valence-electron chi connectivity index (χ1n) is 7.68. The van der Waals surface area contributed by atoms with Crippen molar-refractivity contribution in [1.29, 1.82) is 0 Å². The van der Waals surface area contributed by atoms with Crippen molar-refractivity contribution in [3.05, 3.63) is 29.1 Å². The van der Waals surface area contributed by atoms with Crippen LogP contribution >= 0.6 is 0 Å². The Morgan fingerprint density at radius 1 is 1.36 bits per heavy atom. The highest BCUT2D eigenvalue weighted by molar-refractivity contribution is 5.94. The second-order valence-corrected chi connectivity index (χ2v) is 5.52. The lowest BCUT2D eigenvalue weighted by Crippen LogP contribution is -2.27. The number of pyridine rings is 1. The monoisotopic (exact) mass is 306 g/mol. The first-order chi connectivity index (χ1) is 10.6. The number of amides is 1. The molecule has 120 valence electrons. The molecule has 1 amide bonds. The molecule has 2 N–H and O–H groups in total. The van der Waals surface area contributed by atoms with Gasteiger partial charge in [-0.3, -0.25) is 4.79 Å². The molecule has 0 bridgehead atoms. The van der Waals surface area contributed by atoms with Crippen molar-refractivity contribution in [1.82, 2.24) is 10.3 Å². The maximum Gasteiger partial charge on any atom is 0.337 e. The smallest absolute Gasteiger partial charge is 0.337 e. The van der Waals surface area contributed by atoms with E-state index in [1.807, 2.05) is 0 Å².